The van der Waals surface area contributed by atoms with E-state index in [1.807, 2.05) is 0 Å². The molecule has 0 saturated carbocycles. The lowest BCUT2D eigenvalue weighted by molar-refractivity contribution is 0.586. The van der Waals surface area contributed by atoms with Crippen molar-refractivity contribution in [3.63, 3.8) is 0 Å². The van der Waals surface area contributed by atoms with Crippen LogP contribution < -0.4 is 11.1 Å². The summed E-state index contributed by atoms with van der Waals surface area (Å²) in [5, 5.41) is 2.74. The molecule has 0 unspecified atom stereocenters. The minimum Gasteiger partial charge on any atom is -0.397 e. The molecule has 0 aliphatic carbocycles. The van der Waals surface area contributed by atoms with Gasteiger partial charge in [0.05, 0.1) is 23.3 Å². The van der Waals surface area contributed by atoms with E-state index in [9.17, 15) is 8.78 Å². The van der Waals surface area contributed by atoms with Crippen LogP contribution in [-0.2, 0) is 0 Å². The summed E-state index contributed by atoms with van der Waals surface area (Å²) < 4.78 is 26.0. The van der Waals surface area contributed by atoms with Crippen molar-refractivity contribution >= 4 is 17.1 Å². The van der Waals surface area contributed by atoms with Gasteiger partial charge in [-0.3, -0.25) is 4.98 Å². The third-order valence-corrected chi connectivity index (χ3v) is 2.06. The van der Waals surface area contributed by atoms with Crippen molar-refractivity contribution in [2.45, 2.75) is 0 Å². The van der Waals surface area contributed by atoms with Crippen LogP contribution in [0.3, 0.4) is 0 Å². The van der Waals surface area contributed by atoms with Gasteiger partial charge in [0.2, 0.25) is 0 Å². The average molecular weight is 221 g/mol. The number of hydrogen-bond acceptors (Lipinski definition) is 3. The lowest BCUT2D eigenvalue weighted by Crippen LogP contribution is -1.98. The molecular weight excluding hydrogens is 212 g/mol. The third-order valence-electron chi connectivity index (χ3n) is 2.06. The van der Waals surface area contributed by atoms with Crippen LogP contribution >= 0.6 is 0 Å². The first-order valence-electron chi connectivity index (χ1n) is 4.58. The van der Waals surface area contributed by atoms with Crippen LogP contribution in [0.15, 0.2) is 36.7 Å². The van der Waals surface area contributed by atoms with Gasteiger partial charge in [-0.15, -0.1) is 0 Å². The van der Waals surface area contributed by atoms with Crippen molar-refractivity contribution in [2.75, 3.05) is 11.1 Å². The number of hydrogen-bond donors (Lipinski definition) is 2. The lowest BCUT2D eigenvalue weighted by atomic mass is 10.2. The summed E-state index contributed by atoms with van der Waals surface area (Å²) in [5.74, 6) is -1.30. The van der Waals surface area contributed by atoms with E-state index < -0.39 is 11.6 Å². The SMILES string of the molecule is Nc1ccncc1Nc1ccc(F)cc1F. The summed E-state index contributed by atoms with van der Waals surface area (Å²) >= 11 is 0. The fraction of sp³-hybridized carbons (Fsp3) is 0. The minimum absolute atomic E-state index is 0.154. The fourth-order valence-electron chi connectivity index (χ4n) is 1.25. The number of anilines is 3. The molecule has 82 valence electrons. The van der Waals surface area contributed by atoms with Gasteiger partial charge in [0.25, 0.3) is 0 Å². The van der Waals surface area contributed by atoms with E-state index >= 15 is 0 Å². The maximum absolute atomic E-state index is 13.3. The van der Waals surface area contributed by atoms with Crippen molar-refractivity contribution < 1.29 is 8.78 Å². The molecule has 0 fully saturated rings. The number of halogens is 2. The number of benzene rings is 1. The molecule has 0 spiro atoms. The molecule has 0 saturated heterocycles. The Balaban J connectivity index is 2.31. The second-order valence-corrected chi connectivity index (χ2v) is 3.21. The van der Waals surface area contributed by atoms with Crippen LogP contribution in [0.2, 0.25) is 0 Å². The highest BCUT2D eigenvalue weighted by molar-refractivity contribution is 5.71. The zero-order valence-electron chi connectivity index (χ0n) is 8.24. The summed E-state index contributed by atoms with van der Waals surface area (Å²) in [6.07, 6.45) is 3.00. The van der Waals surface area contributed by atoms with Crippen LogP contribution in [-0.4, -0.2) is 4.98 Å². The molecule has 16 heavy (non-hydrogen) atoms. The Bertz CT molecular complexity index is 514. The highest BCUT2D eigenvalue weighted by Gasteiger charge is 2.05. The summed E-state index contributed by atoms with van der Waals surface area (Å²) in [4.78, 5) is 3.85. The standard InChI is InChI=1S/C11H9F2N3/c12-7-1-2-10(8(13)5-7)16-11-6-15-4-3-9(11)14/h1-6,16H,(H2,14,15). The third kappa shape index (κ3) is 2.08. The predicted molar refractivity (Wildman–Crippen MR) is 58.3 cm³/mol. The number of nitrogens with two attached hydrogens (primary N) is 1. The Kier molecular flexibility index (Phi) is 2.68. The molecule has 0 amide bonds. The van der Waals surface area contributed by atoms with Crippen molar-refractivity contribution in [2.24, 2.45) is 0 Å². The Hall–Kier alpha value is -2.17. The minimum atomic E-state index is -0.678. The van der Waals surface area contributed by atoms with Gasteiger partial charge >= 0.3 is 0 Å². The fourth-order valence-corrected chi connectivity index (χ4v) is 1.25. The Morgan fingerprint density at radius 1 is 1.12 bits per heavy atom. The number of nitrogen functional groups attached to an aromatic ring is 1. The van der Waals surface area contributed by atoms with E-state index in [2.05, 4.69) is 10.3 Å². The molecule has 0 aliphatic heterocycles. The predicted octanol–water partition coefficient (Wildman–Crippen LogP) is 2.69. The number of rotatable bonds is 2. The zero-order valence-corrected chi connectivity index (χ0v) is 8.24. The van der Waals surface area contributed by atoms with Gasteiger partial charge in [0, 0.05) is 12.3 Å². The molecule has 2 rings (SSSR count). The van der Waals surface area contributed by atoms with Gasteiger partial charge in [-0.1, -0.05) is 0 Å². The summed E-state index contributed by atoms with van der Waals surface area (Å²) in [6.45, 7) is 0. The van der Waals surface area contributed by atoms with Gasteiger partial charge in [-0.2, -0.15) is 0 Å². The highest BCUT2D eigenvalue weighted by Crippen LogP contribution is 2.23. The van der Waals surface area contributed by atoms with Crippen molar-refractivity contribution in [3.05, 3.63) is 48.3 Å². The number of pyridine rings is 1. The number of nitrogens with one attached hydrogen (secondary N) is 1. The molecule has 0 atom stereocenters. The Morgan fingerprint density at radius 3 is 2.62 bits per heavy atom. The normalized spacial score (nSPS) is 10.1. The van der Waals surface area contributed by atoms with Gasteiger partial charge in [0.15, 0.2) is 0 Å². The van der Waals surface area contributed by atoms with Crippen molar-refractivity contribution in [1.29, 1.82) is 0 Å². The van der Waals surface area contributed by atoms with Gasteiger partial charge in [-0.25, -0.2) is 8.78 Å². The van der Waals surface area contributed by atoms with E-state index in [1.165, 1.54) is 18.5 Å². The van der Waals surface area contributed by atoms with Crippen LogP contribution in [0, 0.1) is 11.6 Å². The zero-order chi connectivity index (χ0) is 11.5. The largest absolute Gasteiger partial charge is 0.397 e. The quantitative estimate of drug-likeness (QED) is 0.819. The monoisotopic (exact) mass is 221 g/mol. The van der Waals surface area contributed by atoms with Crippen LogP contribution in [0.1, 0.15) is 0 Å². The summed E-state index contributed by atoms with van der Waals surface area (Å²) in [5.41, 5.74) is 6.73. The highest BCUT2D eigenvalue weighted by atomic mass is 19.1. The molecular formula is C11H9F2N3. The van der Waals surface area contributed by atoms with E-state index in [0.29, 0.717) is 11.4 Å². The van der Waals surface area contributed by atoms with Gasteiger partial charge < -0.3 is 11.1 Å². The molecule has 3 nitrogen and oxygen atoms in total. The molecule has 1 aromatic carbocycles. The topological polar surface area (TPSA) is 50.9 Å². The Labute approximate surface area is 90.9 Å². The van der Waals surface area contributed by atoms with E-state index in [-0.39, 0.29) is 5.69 Å². The summed E-state index contributed by atoms with van der Waals surface area (Å²) in [7, 11) is 0. The smallest absolute Gasteiger partial charge is 0.149 e. The second-order valence-electron chi connectivity index (χ2n) is 3.21. The maximum atomic E-state index is 13.3. The molecule has 1 heterocycles. The van der Waals surface area contributed by atoms with Crippen molar-refractivity contribution in [3.8, 4) is 0 Å². The van der Waals surface area contributed by atoms with E-state index in [1.54, 1.807) is 6.07 Å². The van der Waals surface area contributed by atoms with Crippen LogP contribution in [0.4, 0.5) is 25.8 Å². The molecule has 1 aromatic heterocycles. The number of aromatic nitrogens is 1. The Morgan fingerprint density at radius 2 is 1.94 bits per heavy atom. The molecule has 2 aromatic rings. The molecule has 5 heteroatoms. The van der Waals surface area contributed by atoms with Crippen LogP contribution in [0.25, 0.3) is 0 Å². The number of nitrogens with zero attached hydrogens (tertiary/aromatic N) is 1. The van der Waals surface area contributed by atoms with E-state index in [4.69, 9.17) is 5.73 Å². The molecule has 0 radical (unpaired) electrons. The first kappa shape index (κ1) is 10.4. The first-order chi connectivity index (χ1) is 7.66. The summed E-state index contributed by atoms with van der Waals surface area (Å²) in [6, 6.07) is 4.85. The van der Waals surface area contributed by atoms with Gasteiger partial charge in [0.1, 0.15) is 11.6 Å². The maximum Gasteiger partial charge on any atom is 0.149 e. The van der Waals surface area contributed by atoms with Crippen molar-refractivity contribution in [1.82, 2.24) is 4.98 Å². The first-order valence-corrected chi connectivity index (χ1v) is 4.58. The lowest BCUT2D eigenvalue weighted by Gasteiger charge is -2.09. The van der Waals surface area contributed by atoms with Gasteiger partial charge in [-0.05, 0) is 18.2 Å². The molecule has 0 bridgehead atoms. The molecule has 0 aliphatic rings. The average Bonchev–Trinajstić information content (AvgIpc) is 2.25. The van der Waals surface area contributed by atoms with Crippen LogP contribution in [0.5, 0.6) is 0 Å². The second kappa shape index (κ2) is 4.14. The van der Waals surface area contributed by atoms with E-state index in [0.717, 1.165) is 12.1 Å². The molecule has 3 N–H and O–H groups in total.